The van der Waals surface area contributed by atoms with Crippen LogP contribution in [0.2, 0.25) is 0 Å². The van der Waals surface area contributed by atoms with Crippen molar-refractivity contribution in [3.8, 4) is 0 Å². The molecule has 0 heterocycles. The minimum absolute atomic E-state index is 0.0241. The average Bonchev–Trinajstić information content (AvgIpc) is 2.78. The first-order valence-corrected chi connectivity index (χ1v) is 10.9. The molecule has 3 rings (SSSR count). The summed E-state index contributed by atoms with van der Waals surface area (Å²) in [6.45, 7) is 6.25. The van der Waals surface area contributed by atoms with Gasteiger partial charge in [-0.1, -0.05) is 0 Å². The molecule has 0 spiro atoms. The van der Waals surface area contributed by atoms with E-state index in [0.29, 0.717) is 28.1 Å². The molecule has 0 saturated carbocycles. The number of non-ortho nitro benzene ring substituents is 2. The van der Waals surface area contributed by atoms with Gasteiger partial charge in [-0.2, -0.15) is 0 Å². The second-order valence-corrected chi connectivity index (χ2v) is 8.25. The van der Waals surface area contributed by atoms with E-state index in [-0.39, 0.29) is 28.5 Å². The maximum Gasteiger partial charge on any atom is 0.270 e. The van der Waals surface area contributed by atoms with E-state index in [4.69, 9.17) is 23.1 Å². The minimum Gasteiger partial charge on any atom is -0.399 e. The summed E-state index contributed by atoms with van der Waals surface area (Å²) < 4.78 is 0. The molecule has 12 heteroatoms. The second kappa shape index (κ2) is 13.4. The lowest BCUT2D eigenvalue weighted by molar-refractivity contribution is -0.385. The summed E-state index contributed by atoms with van der Waals surface area (Å²) >= 11 is 5.19. The van der Waals surface area contributed by atoms with E-state index in [1.165, 1.54) is 38.1 Å². The van der Waals surface area contributed by atoms with E-state index < -0.39 is 15.1 Å². The predicted molar refractivity (Wildman–Crippen MR) is 141 cm³/mol. The fraction of sp³-hybridized carbons (Fsp3) is 0.160. The number of carbonyl (C=O) groups is 3. The smallest absolute Gasteiger partial charge is 0.270 e. The van der Waals surface area contributed by atoms with Crippen LogP contribution in [0.5, 0.6) is 0 Å². The van der Waals surface area contributed by atoms with Gasteiger partial charge in [-0.25, -0.2) is 0 Å². The number of hydrogen-bond acceptors (Lipinski definition) is 9. The van der Waals surface area contributed by atoms with Crippen molar-refractivity contribution in [2.24, 2.45) is 0 Å². The zero-order valence-corrected chi connectivity index (χ0v) is 21.2. The van der Waals surface area contributed by atoms with E-state index in [0.717, 1.165) is 11.6 Å². The van der Waals surface area contributed by atoms with Gasteiger partial charge in [-0.05, 0) is 80.8 Å². The zero-order valence-electron chi connectivity index (χ0n) is 20.5. The van der Waals surface area contributed by atoms with Gasteiger partial charge in [0.25, 0.3) is 16.6 Å². The van der Waals surface area contributed by atoms with Crippen LogP contribution in [0.1, 0.15) is 56.0 Å². The Hall–Kier alpha value is -4.64. The number of nitrogens with zero attached hydrogens (tertiary/aromatic N) is 2. The summed E-state index contributed by atoms with van der Waals surface area (Å²) in [5.41, 5.74) is 14.3. The average molecular weight is 529 g/mol. The van der Waals surface area contributed by atoms with Crippen molar-refractivity contribution in [3.05, 3.63) is 103 Å². The van der Waals surface area contributed by atoms with Gasteiger partial charge in [-0.15, -0.1) is 0 Å². The van der Waals surface area contributed by atoms with Crippen LogP contribution in [-0.4, -0.2) is 26.7 Å². The summed E-state index contributed by atoms with van der Waals surface area (Å²) in [7, 11) is 0. The van der Waals surface area contributed by atoms with E-state index in [2.05, 4.69) is 0 Å². The first-order valence-electron chi connectivity index (χ1n) is 10.5. The van der Waals surface area contributed by atoms with Crippen LogP contribution in [0.15, 0.2) is 54.6 Å². The van der Waals surface area contributed by atoms with Crippen molar-refractivity contribution in [2.45, 2.75) is 27.7 Å². The quantitative estimate of drug-likeness (QED) is 0.143. The molecular weight excluding hydrogens is 504 g/mol. The third kappa shape index (κ3) is 10.2. The molecule has 3 aromatic carbocycles. The first-order chi connectivity index (χ1) is 17.1. The molecule has 0 unspecified atom stereocenters. The normalized spacial score (nSPS) is 9.65. The Morgan fingerprint density at radius 2 is 1.00 bits per heavy atom. The molecule has 194 valence electrons. The number of anilines is 2. The molecule has 11 nitrogen and oxygen atoms in total. The molecule has 0 saturated heterocycles. The highest BCUT2D eigenvalue weighted by Gasteiger charge is 2.11. The van der Waals surface area contributed by atoms with Crippen molar-refractivity contribution in [1.82, 2.24) is 0 Å². The fourth-order valence-electron chi connectivity index (χ4n) is 2.93. The molecule has 0 atom stereocenters. The highest BCUT2D eigenvalue weighted by Crippen LogP contribution is 2.18. The number of aryl methyl sites for hydroxylation is 2. The molecule has 0 aliphatic rings. The predicted octanol–water partition coefficient (Wildman–Crippen LogP) is 5.44. The SMILES string of the molecule is CC(=O)c1cc(C)cc([N+](=O)[O-])c1.CC(=O)c1cc(N)cc(N)c1.Cc1cc(C(=O)Cl)cc([N+](=O)[O-])c1. The van der Waals surface area contributed by atoms with Gasteiger partial charge >= 0.3 is 0 Å². The summed E-state index contributed by atoms with van der Waals surface area (Å²) in [6, 6.07) is 13.2. The highest BCUT2D eigenvalue weighted by molar-refractivity contribution is 6.67. The van der Waals surface area contributed by atoms with Gasteiger partial charge in [-0.3, -0.25) is 34.6 Å². The molecule has 0 radical (unpaired) electrons. The largest absolute Gasteiger partial charge is 0.399 e. The summed E-state index contributed by atoms with van der Waals surface area (Å²) in [5, 5.41) is 20.1. The van der Waals surface area contributed by atoms with Crippen LogP contribution in [0.3, 0.4) is 0 Å². The standard InChI is InChI=1S/C9H9NO3.C8H6ClNO3.C8H10N2O/c1-6-3-8(7(2)11)5-9(4-6)10(12)13;1-5-2-6(8(9)11)4-7(3-5)10(12)13;1-5(11)6-2-7(9)4-8(10)3-6/h3-5H,1-2H3;2-4H,1H3;2-4H,9-10H2,1H3. The molecule has 0 amide bonds. The molecule has 0 bridgehead atoms. The monoisotopic (exact) mass is 528 g/mol. The number of carbonyl (C=O) groups excluding carboxylic acids is 3. The Kier molecular flexibility index (Phi) is 11.0. The molecule has 0 aromatic heterocycles. The summed E-state index contributed by atoms with van der Waals surface area (Å²) in [5.74, 6) is -0.184. The van der Waals surface area contributed by atoms with E-state index >= 15 is 0 Å². The third-order valence-electron chi connectivity index (χ3n) is 4.56. The highest BCUT2D eigenvalue weighted by atomic mass is 35.5. The molecule has 0 aliphatic heterocycles. The number of Topliss-reactive ketones (excluding diaryl/α,β-unsaturated/α-hetero) is 2. The molecule has 37 heavy (non-hydrogen) atoms. The van der Waals surface area contributed by atoms with Crippen LogP contribution in [0.25, 0.3) is 0 Å². The Balaban J connectivity index is 0.000000279. The minimum atomic E-state index is -0.688. The van der Waals surface area contributed by atoms with Gasteiger partial charge in [0.2, 0.25) is 0 Å². The Labute approximate surface area is 217 Å². The van der Waals surface area contributed by atoms with E-state index in [9.17, 15) is 34.6 Å². The maximum absolute atomic E-state index is 10.9. The molecule has 4 N–H and O–H groups in total. The number of benzene rings is 3. The van der Waals surface area contributed by atoms with Gasteiger partial charge < -0.3 is 11.5 Å². The lowest BCUT2D eigenvalue weighted by atomic mass is 10.1. The van der Waals surface area contributed by atoms with Crippen LogP contribution in [-0.2, 0) is 0 Å². The van der Waals surface area contributed by atoms with Crippen molar-refractivity contribution in [3.63, 3.8) is 0 Å². The van der Waals surface area contributed by atoms with Gasteiger partial charge in [0.1, 0.15) is 0 Å². The molecule has 3 aromatic rings. The lowest BCUT2D eigenvalue weighted by Crippen LogP contribution is -1.97. The Bertz CT molecular complexity index is 1210. The number of rotatable bonds is 5. The number of nitrogens with two attached hydrogens (primary N) is 2. The van der Waals surface area contributed by atoms with Crippen LogP contribution in [0.4, 0.5) is 22.7 Å². The van der Waals surface area contributed by atoms with Crippen molar-refractivity contribution in [1.29, 1.82) is 0 Å². The number of halogens is 1. The zero-order chi connectivity index (χ0) is 28.4. The number of hydrogen-bond donors (Lipinski definition) is 2. The second-order valence-electron chi connectivity index (χ2n) is 7.90. The number of nitro benzene ring substituents is 2. The van der Waals surface area contributed by atoms with Gasteiger partial charge in [0.15, 0.2) is 11.6 Å². The maximum atomic E-state index is 10.9. The third-order valence-corrected chi connectivity index (χ3v) is 4.78. The molecule has 0 aliphatic carbocycles. The number of nitro groups is 2. The summed E-state index contributed by atoms with van der Waals surface area (Å²) in [4.78, 5) is 52.2. The van der Waals surface area contributed by atoms with E-state index in [1.807, 2.05) is 0 Å². The number of ketones is 2. The van der Waals surface area contributed by atoms with Gasteiger partial charge in [0.05, 0.1) is 9.85 Å². The van der Waals surface area contributed by atoms with Crippen molar-refractivity contribution >= 4 is 51.2 Å². The summed E-state index contributed by atoms with van der Waals surface area (Å²) in [6.07, 6.45) is 0. The fourth-order valence-corrected chi connectivity index (χ4v) is 3.04. The van der Waals surface area contributed by atoms with Crippen LogP contribution >= 0.6 is 11.6 Å². The van der Waals surface area contributed by atoms with Crippen LogP contribution in [0, 0.1) is 34.1 Å². The van der Waals surface area contributed by atoms with Gasteiger partial charge in [0, 0.05) is 52.3 Å². The molecule has 0 fully saturated rings. The van der Waals surface area contributed by atoms with Crippen LogP contribution < -0.4 is 11.5 Å². The Morgan fingerprint density at radius 3 is 1.35 bits per heavy atom. The number of nitrogen functional groups attached to an aromatic ring is 2. The first kappa shape index (κ1) is 30.4. The topological polar surface area (TPSA) is 190 Å². The molecular formula is C25H25ClN4O7. The Morgan fingerprint density at radius 1 is 0.649 bits per heavy atom. The lowest BCUT2D eigenvalue weighted by Gasteiger charge is -1.99. The van der Waals surface area contributed by atoms with Crippen molar-refractivity contribution < 1.29 is 24.2 Å². The van der Waals surface area contributed by atoms with Crippen molar-refractivity contribution in [2.75, 3.05) is 11.5 Å². The van der Waals surface area contributed by atoms with E-state index in [1.54, 1.807) is 38.1 Å².